The van der Waals surface area contributed by atoms with Crippen LogP contribution in [0.3, 0.4) is 0 Å². The van der Waals surface area contributed by atoms with Crippen LogP contribution in [0, 0.1) is 0 Å². The van der Waals surface area contributed by atoms with Crippen molar-refractivity contribution < 1.29 is 13.2 Å². The zero-order valence-electron chi connectivity index (χ0n) is 9.69. The lowest BCUT2D eigenvalue weighted by Gasteiger charge is -2.06. The van der Waals surface area contributed by atoms with Gasteiger partial charge in [-0.15, -0.1) is 0 Å². The normalized spacial score (nSPS) is 11.1. The average molecular weight is 263 g/mol. The van der Waals surface area contributed by atoms with Crippen molar-refractivity contribution in [3.05, 3.63) is 54.7 Å². The summed E-state index contributed by atoms with van der Waals surface area (Å²) >= 11 is 0. The topological polar surface area (TPSA) is 56.3 Å². The quantitative estimate of drug-likeness (QED) is 0.827. The fourth-order valence-electron chi connectivity index (χ4n) is 1.42. The summed E-state index contributed by atoms with van der Waals surface area (Å²) in [4.78, 5) is 3.83. The highest BCUT2D eigenvalue weighted by Gasteiger charge is 2.15. The molecule has 0 saturated heterocycles. The van der Waals surface area contributed by atoms with Crippen LogP contribution in [0.4, 0.5) is 0 Å². The van der Waals surface area contributed by atoms with E-state index in [0.29, 0.717) is 5.75 Å². The minimum Gasteiger partial charge on any atom is -0.493 e. The number of aromatic nitrogens is 1. The van der Waals surface area contributed by atoms with Crippen molar-refractivity contribution in [1.29, 1.82) is 0 Å². The Kier molecular flexibility index (Phi) is 3.94. The Morgan fingerprint density at radius 1 is 1.00 bits per heavy atom. The van der Waals surface area contributed by atoms with Crippen LogP contribution in [-0.2, 0) is 9.84 Å². The van der Waals surface area contributed by atoms with Crippen LogP contribution >= 0.6 is 0 Å². The monoisotopic (exact) mass is 263 g/mol. The number of hydrogen-bond donors (Lipinski definition) is 0. The third-order valence-corrected chi connectivity index (χ3v) is 3.90. The van der Waals surface area contributed by atoms with E-state index < -0.39 is 9.84 Å². The van der Waals surface area contributed by atoms with E-state index >= 15 is 0 Å². The van der Waals surface area contributed by atoms with Gasteiger partial charge in [-0.25, -0.2) is 13.4 Å². The summed E-state index contributed by atoms with van der Waals surface area (Å²) in [6, 6.07) is 13.9. The van der Waals surface area contributed by atoms with Crippen molar-refractivity contribution in [3.8, 4) is 5.75 Å². The van der Waals surface area contributed by atoms with Crippen LogP contribution in [0.5, 0.6) is 5.75 Å². The minimum absolute atomic E-state index is 0.0844. The molecular weight excluding hydrogens is 250 g/mol. The van der Waals surface area contributed by atoms with Crippen LogP contribution in [-0.4, -0.2) is 25.8 Å². The van der Waals surface area contributed by atoms with Gasteiger partial charge >= 0.3 is 0 Å². The molecule has 0 amide bonds. The highest BCUT2D eigenvalue weighted by molar-refractivity contribution is 7.91. The van der Waals surface area contributed by atoms with E-state index in [1.165, 1.54) is 12.3 Å². The number of ether oxygens (including phenoxy) is 1. The second kappa shape index (κ2) is 5.64. The molecule has 0 aliphatic rings. The summed E-state index contributed by atoms with van der Waals surface area (Å²) in [6.45, 7) is 0.114. The largest absolute Gasteiger partial charge is 0.493 e. The number of pyridine rings is 1. The second-order valence-electron chi connectivity index (χ2n) is 3.65. The molecule has 0 aliphatic heterocycles. The molecule has 2 rings (SSSR count). The van der Waals surface area contributed by atoms with E-state index in [2.05, 4.69) is 4.98 Å². The first-order chi connectivity index (χ1) is 8.68. The van der Waals surface area contributed by atoms with Crippen LogP contribution in [0.15, 0.2) is 59.8 Å². The van der Waals surface area contributed by atoms with Gasteiger partial charge in [-0.3, -0.25) is 0 Å². The number of sulfone groups is 1. The fraction of sp³-hybridized carbons (Fsp3) is 0.154. The Hall–Kier alpha value is -1.88. The van der Waals surface area contributed by atoms with Gasteiger partial charge in [-0.1, -0.05) is 24.3 Å². The Bertz CT molecular complexity index is 582. The molecule has 0 radical (unpaired) electrons. The number of rotatable bonds is 5. The van der Waals surface area contributed by atoms with E-state index in [0.717, 1.165) is 0 Å². The first-order valence-corrected chi connectivity index (χ1v) is 7.15. The summed E-state index contributed by atoms with van der Waals surface area (Å²) in [5, 5.41) is 0.0849. The van der Waals surface area contributed by atoms with Gasteiger partial charge in [0.15, 0.2) is 14.9 Å². The Balaban J connectivity index is 1.95. The fourth-order valence-corrected chi connectivity index (χ4v) is 2.44. The third-order valence-electron chi connectivity index (χ3n) is 2.32. The van der Waals surface area contributed by atoms with Gasteiger partial charge in [0.1, 0.15) is 12.4 Å². The lowest BCUT2D eigenvalue weighted by atomic mass is 10.3. The van der Waals surface area contributed by atoms with Gasteiger partial charge in [0.25, 0.3) is 0 Å². The van der Waals surface area contributed by atoms with Crippen molar-refractivity contribution in [1.82, 2.24) is 4.98 Å². The molecule has 0 atom stereocenters. The zero-order chi connectivity index (χ0) is 12.8. The Morgan fingerprint density at radius 2 is 1.72 bits per heavy atom. The van der Waals surface area contributed by atoms with Crippen molar-refractivity contribution in [2.45, 2.75) is 5.03 Å². The standard InChI is InChI=1S/C13H13NO3S/c15-18(16,13-8-4-5-9-14-13)11-10-17-12-6-2-1-3-7-12/h1-9H,10-11H2. The lowest BCUT2D eigenvalue weighted by molar-refractivity contribution is 0.340. The molecule has 0 unspecified atom stereocenters. The first kappa shape index (κ1) is 12.6. The highest BCUT2D eigenvalue weighted by atomic mass is 32.2. The molecule has 1 heterocycles. The molecule has 0 bridgehead atoms. The number of benzene rings is 1. The lowest BCUT2D eigenvalue weighted by Crippen LogP contribution is -2.15. The summed E-state index contributed by atoms with van der Waals surface area (Å²) in [7, 11) is -3.37. The molecule has 0 fully saturated rings. The maximum Gasteiger partial charge on any atom is 0.198 e. The van der Waals surface area contributed by atoms with Gasteiger partial charge in [0, 0.05) is 6.20 Å². The zero-order valence-corrected chi connectivity index (χ0v) is 10.5. The Morgan fingerprint density at radius 3 is 2.39 bits per heavy atom. The van der Waals surface area contributed by atoms with E-state index in [9.17, 15) is 8.42 Å². The van der Waals surface area contributed by atoms with Crippen LogP contribution in [0.25, 0.3) is 0 Å². The molecule has 2 aromatic rings. The van der Waals surface area contributed by atoms with E-state index in [1.807, 2.05) is 18.2 Å². The summed E-state index contributed by atoms with van der Waals surface area (Å²) in [5.41, 5.74) is 0. The van der Waals surface area contributed by atoms with Gasteiger partial charge in [-0.05, 0) is 24.3 Å². The smallest absolute Gasteiger partial charge is 0.198 e. The maximum absolute atomic E-state index is 11.9. The van der Waals surface area contributed by atoms with Crippen LogP contribution in [0.1, 0.15) is 0 Å². The van der Waals surface area contributed by atoms with Gasteiger partial charge < -0.3 is 4.74 Å². The molecule has 4 nitrogen and oxygen atoms in total. The van der Waals surface area contributed by atoms with Gasteiger partial charge in [0.2, 0.25) is 0 Å². The number of para-hydroxylation sites is 1. The van der Waals surface area contributed by atoms with Gasteiger partial charge in [0.05, 0.1) is 5.75 Å². The Labute approximate surface area is 106 Å². The molecule has 0 spiro atoms. The van der Waals surface area contributed by atoms with Crippen molar-refractivity contribution in [2.75, 3.05) is 12.4 Å². The molecule has 18 heavy (non-hydrogen) atoms. The molecule has 0 aliphatic carbocycles. The van der Waals surface area contributed by atoms with Crippen LogP contribution in [0.2, 0.25) is 0 Å². The number of nitrogens with zero attached hydrogens (tertiary/aromatic N) is 1. The van der Waals surface area contributed by atoms with E-state index in [4.69, 9.17) is 4.74 Å². The molecular formula is C13H13NO3S. The first-order valence-electron chi connectivity index (χ1n) is 5.50. The highest BCUT2D eigenvalue weighted by Crippen LogP contribution is 2.10. The number of hydrogen-bond acceptors (Lipinski definition) is 4. The summed E-state index contributed by atoms with van der Waals surface area (Å²) in [5.74, 6) is 0.576. The van der Waals surface area contributed by atoms with E-state index in [1.54, 1.807) is 24.3 Å². The predicted octanol–water partition coefficient (Wildman–Crippen LogP) is 1.93. The maximum atomic E-state index is 11.9. The molecule has 94 valence electrons. The van der Waals surface area contributed by atoms with E-state index in [-0.39, 0.29) is 17.4 Å². The summed E-state index contributed by atoms with van der Waals surface area (Å²) < 4.78 is 29.1. The molecule has 0 saturated carbocycles. The van der Waals surface area contributed by atoms with Crippen LogP contribution < -0.4 is 4.74 Å². The molecule has 1 aromatic heterocycles. The van der Waals surface area contributed by atoms with Crippen molar-refractivity contribution >= 4 is 9.84 Å². The second-order valence-corrected chi connectivity index (χ2v) is 5.70. The molecule has 0 N–H and O–H groups in total. The minimum atomic E-state index is -3.37. The molecule has 5 heteroatoms. The SMILES string of the molecule is O=S(=O)(CCOc1ccccc1)c1ccccn1. The predicted molar refractivity (Wildman–Crippen MR) is 68.2 cm³/mol. The van der Waals surface area contributed by atoms with Crippen molar-refractivity contribution in [3.63, 3.8) is 0 Å². The molecule has 1 aromatic carbocycles. The van der Waals surface area contributed by atoms with Crippen molar-refractivity contribution in [2.24, 2.45) is 0 Å². The third kappa shape index (κ3) is 3.30. The van der Waals surface area contributed by atoms with Gasteiger partial charge in [-0.2, -0.15) is 0 Å². The summed E-state index contributed by atoms with van der Waals surface area (Å²) in [6.07, 6.45) is 1.46. The average Bonchev–Trinajstić information content (AvgIpc) is 2.41.